The van der Waals surface area contributed by atoms with Crippen molar-refractivity contribution in [1.82, 2.24) is 4.90 Å². The van der Waals surface area contributed by atoms with Gasteiger partial charge in [0.05, 0.1) is 12.0 Å². The third-order valence-corrected chi connectivity index (χ3v) is 3.19. The summed E-state index contributed by atoms with van der Waals surface area (Å²) in [6.07, 6.45) is 1.18. The summed E-state index contributed by atoms with van der Waals surface area (Å²) in [5.41, 5.74) is 5.23. The van der Waals surface area contributed by atoms with Gasteiger partial charge >= 0.3 is 5.97 Å². The molecule has 1 fully saturated rings. The van der Waals surface area contributed by atoms with Crippen LogP contribution in [0.15, 0.2) is 0 Å². The first-order chi connectivity index (χ1) is 6.93. The SMILES string of the molecule is CC1CC(C(=O)O)CCN1C(C)C(N)=O. The lowest BCUT2D eigenvalue weighted by atomic mass is 9.90. The molecular formula is C10H18N2O3. The fourth-order valence-corrected chi connectivity index (χ4v) is 2.15. The molecule has 1 aliphatic heterocycles. The summed E-state index contributed by atoms with van der Waals surface area (Å²) in [4.78, 5) is 23.8. The van der Waals surface area contributed by atoms with Crippen LogP contribution in [0.2, 0.25) is 0 Å². The number of carboxylic acid groups (broad SMARTS) is 1. The second-order valence-corrected chi connectivity index (χ2v) is 4.22. The highest BCUT2D eigenvalue weighted by atomic mass is 16.4. The quantitative estimate of drug-likeness (QED) is 0.695. The van der Waals surface area contributed by atoms with Gasteiger partial charge in [0.25, 0.3) is 0 Å². The van der Waals surface area contributed by atoms with Crippen LogP contribution in [0, 0.1) is 5.92 Å². The molecular weight excluding hydrogens is 196 g/mol. The molecule has 0 aromatic carbocycles. The van der Waals surface area contributed by atoms with E-state index in [4.69, 9.17) is 10.8 Å². The maximum Gasteiger partial charge on any atom is 0.306 e. The first kappa shape index (κ1) is 12.0. The summed E-state index contributed by atoms with van der Waals surface area (Å²) in [5, 5.41) is 8.88. The van der Waals surface area contributed by atoms with E-state index >= 15 is 0 Å². The van der Waals surface area contributed by atoms with Crippen molar-refractivity contribution in [3.8, 4) is 0 Å². The lowest BCUT2D eigenvalue weighted by Gasteiger charge is -2.38. The van der Waals surface area contributed by atoms with Crippen LogP contribution in [-0.2, 0) is 9.59 Å². The minimum absolute atomic E-state index is 0.0994. The number of carbonyl (C=O) groups excluding carboxylic acids is 1. The van der Waals surface area contributed by atoms with E-state index in [0.717, 1.165) is 0 Å². The Bertz CT molecular complexity index is 267. The molecule has 0 spiro atoms. The predicted molar refractivity (Wildman–Crippen MR) is 55.2 cm³/mol. The number of carbonyl (C=O) groups is 2. The average Bonchev–Trinajstić information content (AvgIpc) is 2.16. The van der Waals surface area contributed by atoms with Crippen molar-refractivity contribution in [3.63, 3.8) is 0 Å². The van der Waals surface area contributed by atoms with Crippen LogP contribution in [0.3, 0.4) is 0 Å². The van der Waals surface area contributed by atoms with E-state index in [9.17, 15) is 9.59 Å². The van der Waals surface area contributed by atoms with Crippen LogP contribution in [0.1, 0.15) is 26.7 Å². The summed E-state index contributed by atoms with van der Waals surface area (Å²) in [5.74, 6) is -1.37. The van der Waals surface area contributed by atoms with E-state index in [1.54, 1.807) is 6.92 Å². The zero-order valence-corrected chi connectivity index (χ0v) is 9.14. The molecule has 1 rings (SSSR count). The summed E-state index contributed by atoms with van der Waals surface area (Å²) in [6.45, 7) is 4.33. The summed E-state index contributed by atoms with van der Waals surface area (Å²) < 4.78 is 0. The van der Waals surface area contributed by atoms with Crippen molar-refractivity contribution >= 4 is 11.9 Å². The van der Waals surface area contributed by atoms with Crippen LogP contribution in [0.5, 0.6) is 0 Å². The maximum atomic E-state index is 11.0. The van der Waals surface area contributed by atoms with Gasteiger partial charge in [0, 0.05) is 12.6 Å². The third-order valence-electron chi connectivity index (χ3n) is 3.19. The maximum absolute atomic E-state index is 11.0. The number of carboxylic acids is 1. The summed E-state index contributed by atoms with van der Waals surface area (Å²) in [6, 6.07) is -0.211. The second kappa shape index (κ2) is 4.61. The van der Waals surface area contributed by atoms with E-state index in [1.807, 2.05) is 11.8 Å². The summed E-state index contributed by atoms with van der Waals surface area (Å²) in [7, 11) is 0. The Morgan fingerprint density at radius 2 is 2.13 bits per heavy atom. The number of likely N-dealkylation sites (tertiary alicyclic amines) is 1. The number of primary amides is 1. The number of aliphatic carboxylic acids is 1. The lowest BCUT2D eigenvalue weighted by Crippen LogP contribution is -2.51. The Labute approximate surface area is 89.2 Å². The molecule has 5 nitrogen and oxygen atoms in total. The minimum Gasteiger partial charge on any atom is -0.481 e. The second-order valence-electron chi connectivity index (χ2n) is 4.22. The molecule has 15 heavy (non-hydrogen) atoms. The molecule has 0 bridgehead atoms. The standard InChI is InChI=1S/C10H18N2O3/c1-6-5-8(10(14)15)3-4-12(6)7(2)9(11)13/h6-8H,3-5H2,1-2H3,(H2,11,13)(H,14,15). The molecule has 0 radical (unpaired) electrons. The number of nitrogens with zero attached hydrogens (tertiary/aromatic N) is 1. The topological polar surface area (TPSA) is 83.6 Å². The van der Waals surface area contributed by atoms with Gasteiger partial charge < -0.3 is 10.8 Å². The molecule has 0 aliphatic carbocycles. The number of hydrogen-bond donors (Lipinski definition) is 2. The first-order valence-corrected chi connectivity index (χ1v) is 5.21. The molecule has 1 aliphatic rings. The average molecular weight is 214 g/mol. The van der Waals surface area contributed by atoms with Gasteiger partial charge in [-0.15, -0.1) is 0 Å². The van der Waals surface area contributed by atoms with E-state index < -0.39 is 5.97 Å². The lowest BCUT2D eigenvalue weighted by molar-refractivity contribution is -0.144. The minimum atomic E-state index is -0.742. The zero-order chi connectivity index (χ0) is 11.6. The van der Waals surface area contributed by atoms with Crippen molar-refractivity contribution in [2.24, 2.45) is 11.7 Å². The number of amides is 1. The first-order valence-electron chi connectivity index (χ1n) is 5.21. The highest BCUT2D eigenvalue weighted by Gasteiger charge is 2.33. The predicted octanol–water partition coefficient (Wildman–Crippen LogP) is 0.0453. The molecule has 1 saturated heterocycles. The molecule has 0 saturated carbocycles. The molecule has 1 amide bonds. The van der Waals surface area contributed by atoms with Gasteiger partial charge in [-0.05, 0) is 26.7 Å². The largest absolute Gasteiger partial charge is 0.481 e. The zero-order valence-electron chi connectivity index (χ0n) is 9.14. The van der Waals surface area contributed by atoms with Crippen molar-refractivity contribution in [2.45, 2.75) is 38.8 Å². The fourth-order valence-electron chi connectivity index (χ4n) is 2.15. The van der Waals surface area contributed by atoms with Gasteiger partial charge in [0.2, 0.25) is 5.91 Å². The fraction of sp³-hybridized carbons (Fsp3) is 0.800. The molecule has 3 atom stereocenters. The van der Waals surface area contributed by atoms with E-state index in [1.165, 1.54) is 0 Å². The molecule has 0 aromatic heterocycles. The van der Waals surface area contributed by atoms with E-state index in [-0.39, 0.29) is 23.9 Å². The van der Waals surface area contributed by atoms with Crippen LogP contribution in [-0.4, -0.2) is 40.5 Å². The number of rotatable bonds is 3. The Morgan fingerprint density at radius 3 is 2.53 bits per heavy atom. The van der Waals surface area contributed by atoms with Crippen molar-refractivity contribution in [2.75, 3.05) is 6.54 Å². The molecule has 0 aromatic rings. The van der Waals surface area contributed by atoms with Crippen LogP contribution >= 0.6 is 0 Å². The van der Waals surface area contributed by atoms with Crippen LogP contribution < -0.4 is 5.73 Å². The van der Waals surface area contributed by atoms with Crippen LogP contribution in [0.25, 0.3) is 0 Å². The number of hydrogen-bond acceptors (Lipinski definition) is 3. The van der Waals surface area contributed by atoms with E-state index in [0.29, 0.717) is 19.4 Å². The Kier molecular flexibility index (Phi) is 3.68. The van der Waals surface area contributed by atoms with Crippen molar-refractivity contribution in [3.05, 3.63) is 0 Å². The molecule has 1 heterocycles. The van der Waals surface area contributed by atoms with Crippen molar-refractivity contribution < 1.29 is 14.7 Å². The highest BCUT2D eigenvalue weighted by molar-refractivity contribution is 5.79. The van der Waals surface area contributed by atoms with Gasteiger partial charge in [-0.2, -0.15) is 0 Å². The van der Waals surface area contributed by atoms with Gasteiger partial charge in [0.15, 0.2) is 0 Å². The highest BCUT2D eigenvalue weighted by Crippen LogP contribution is 2.24. The summed E-state index contributed by atoms with van der Waals surface area (Å²) >= 11 is 0. The van der Waals surface area contributed by atoms with Gasteiger partial charge in [-0.3, -0.25) is 14.5 Å². The molecule has 86 valence electrons. The van der Waals surface area contributed by atoms with E-state index in [2.05, 4.69) is 0 Å². The third kappa shape index (κ3) is 2.68. The number of piperidine rings is 1. The van der Waals surface area contributed by atoms with Gasteiger partial charge in [0.1, 0.15) is 0 Å². The van der Waals surface area contributed by atoms with Crippen LogP contribution in [0.4, 0.5) is 0 Å². The normalized spacial score (nSPS) is 29.7. The molecule has 3 unspecified atom stereocenters. The van der Waals surface area contributed by atoms with Crippen molar-refractivity contribution in [1.29, 1.82) is 0 Å². The molecule has 3 N–H and O–H groups in total. The number of nitrogens with two attached hydrogens (primary N) is 1. The molecule has 5 heteroatoms. The Balaban J connectivity index is 2.60. The monoisotopic (exact) mass is 214 g/mol. The Hall–Kier alpha value is -1.10. The van der Waals surface area contributed by atoms with Gasteiger partial charge in [-0.1, -0.05) is 0 Å². The Morgan fingerprint density at radius 1 is 1.53 bits per heavy atom. The van der Waals surface area contributed by atoms with Gasteiger partial charge in [-0.25, -0.2) is 0 Å². The smallest absolute Gasteiger partial charge is 0.306 e.